The second-order valence-electron chi connectivity index (χ2n) is 8.55. The standard InChI is InChI=1S/C23H27N7O2S/c1-13-6-7-16(9-14(13)2)29-21-18(12-24-29)22(32)27-23(26-21)30-19(10-15(3)28-30)25-20(31)11-17-5-4-8-33-17/h4-10,18,21,23-24,26H,11-12H2,1-3H3,(H,25,31)(H,27,32). The van der Waals surface area contributed by atoms with Gasteiger partial charge in [-0.05, 0) is 55.5 Å². The molecule has 4 heterocycles. The number of anilines is 2. The summed E-state index contributed by atoms with van der Waals surface area (Å²) in [5, 5.41) is 18.0. The first-order valence-corrected chi connectivity index (χ1v) is 11.8. The minimum absolute atomic E-state index is 0.0633. The van der Waals surface area contributed by atoms with Crippen LogP contribution in [0.3, 0.4) is 0 Å². The fourth-order valence-electron chi connectivity index (χ4n) is 4.28. The maximum Gasteiger partial charge on any atom is 0.230 e. The lowest BCUT2D eigenvalue weighted by molar-refractivity contribution is -0.129. The molecule has 2 fully saturated rings. The lowest BCUT2D eigenvalue weighted by Gasteiger charge is -2.37. The molecule has 0 bridgehead atoms. The predicted molar refractivity (Wildman–Crippen MR) is 128 cm³/mol. The van der Waals surface area contributed by atoms with Crippen LogP contribution in [-0.4, -0.2) is 34.3 Å². The number of nitrogens with zero attached hydrogens (tertiary/aromatic N) is 3. The first kappa shape index (κ1) is 21.6. The molecule has 0 saturated carbocycles. The van der Waals surface area contributed by atoms with Crippen molar-refractivity contribution in [3.8, 4) is 0 Å². The SMILES string of the molecule is Cc1cc(NC(=O)Cc2cccs2)n(C2NC(=O)C3CNN(c4ccc(C)c(C)c4)C3N2)n1. The third-order valence-corrected chi connectivity index (χ3v) is 7.02. The molecule has 3 aromatic rings. The van der Waals surface area contributed by atoms with E-state index in [1.54, 1.807) is 22.1 Å². The quantitative estimate of drug-likeness (QED) is 0.461. The summed E-state index contributed by atoms with van der Waals surface area (Å²) in [6, 6.07) is 11.9. The summed E-state index contributed by atoms with van der Waals surface area (Å²) in [7, 11) is 0. The number of fused-ring (bicyclic) bond motifs is 1. The summed E-state index contributed by atoms with van der Waals surface area (Å²) in [5.74, 6) is 0.0925. The van der Waals surface area contributed by atoms with Crippen LogP contribution in [0.2, 0.25) is 0 Å². The minimum Gasteiger partial charge on any atom is -0.321 e. The van der Waals surface area contributed by atoms with Gasteiger partial charge in [-0.3, -0.25) is 19.9 Å². The molecule has 9 nitrogen and oxygen atoms in total. The molecule has 2 amide bonds. The number of amides is 2. The van der Waals surface area contributed by atoms with Crippen molar-refractivity contribution in [1.82, 2.24) is 25.8 Å². The molecule has 10 heteroatoms. The minimum atomic E-state index is -0.599. The van der Waals surface area contributed by atoms with Crippen LogP contribution in [0.25, 0.3) is 0 Å². The Bertz CT molecular complexity index is 1190. The van der Waals surface area contributed by atoms with Crippen LogP contribution in [0.5, 0.6) is 0 Å². The van der Waals surface area contributed by atoms with Crippen LogP contribution >= 0.6 is 11.3 Å². The van der Waals surface area contributed by atoms with Crippen molar-refractivity contribution in [2.45, 2.75) is 39.6 Å². The van der Waals surface area contributed by atoms with E-state index in [0.717, 1.165) is 16.3 Å². The van der Waals surface area contributed by atoms with Gasteiger partial charge in [-0.25, -0.2) is 10.1 Å². The highest BCUT2D eigenvalue weighted by atomic mass is 32.1. The molecule has 2 aromatic heterocycles. The average Bonchev–Trinajstić information content (AvgIpc) is 3.50. The Balaban J connectivity index is 1.37. The van der Waals surface area contributed by atoms with Gasteiger partial charge in [0, 0.05) is 17.5 Å². The van der Waals surface area contributed by atoms with E-state index >= 15 is 0 Å². The second-order valence-corrected chi connectivity index (χ2v) is 9.58. The summed E-state index contributed by atoms with van der Waals surface area (Å²) in [6.07, 6.45) is -0.565. The number of carbonyl (C=O) groups excluding carboxylic acids is 2. The highest BCUT2D eigenvalue weighted by molar-refractivity contribution is 7.10. The number of hydrogen-bond donors (Lipinski definition) is 4. The predicted octanol–water partition coefficient (Wildman–Crippen LogP) is 2.19. The molecule has 2 saturated heterocycles. The first-order valence-electron chi connectivity index (χ1n) is 10.9. The lowest BCUT2D eigenvalue weighted by atomic mass is 10.0. The van der Waals surface area contributed by atoms with Crippen molar-refractivity contribution in [2.75, 3.05) is 16.9 Å². The van der Waals surface area contributed by atoms with Crippen molar-refractivity contribution in [3.63, 3.8) is 0 Å². The monoisotopic (exact) mass is 465 g/mol. The Morgan fingerprint density at radius 2 is 2.06 bits per heavy atom. The zero-order valence-corrected chi connectivity index (χ0v) is 19.6. The first-order chi connectivity index (χ1) is 15.9. The number of thiophene rings is 1. The molecule has 0 radical (unpaired) electrons. The Morgan fingerprint density at radius 1 is 1.21 bits per heavy atom. The summed E-state index contributed by atoms with van der Waals surface area (Å²) in [6.45, 7) is 6.55. The number of nitrogens with one attached hydrogen (secondary N) is 4. The topological polar surface area (TPSA) is 103 Å². The van der Waals surface area contributed by atoms with Crippen LogP contribution in [-0.2, 0) is 16.0 Å². The summed E-state index contributed by atoms with van der Waals surface area (Å²) in [5.41, 5.74) is 7.50. The number of aromatic nitrogens is 2. The van der Waals surface area contributed by atoms with Gasteiger partial charge >= 0.3 is 0 Å². The lowest BCUT2D eigenvalue weighted by Crippen LogP contribution is -2.61. The molecule has 1 aromatic carbocycles. The molecule has 172 valence electrons. The van der Waals surface area contributed by atoms with Gasteiger partial charge in [0.15, 0.2) is 6.29 Å². The molecule has 4 N–H and O–H groups in total. The van der Waals surface area contributed by atoms with Crippen molar-refractivity contribution < 1.29 is 9.59 Å². The van der Waals surface area contributed by atoms with E-state index in [-0.39, 0.29) is 23.9 Å². The second kappa shape index (κ2) is 8.62. The molecule has 3 atom stereocenters. The fourth-order valence-corrected chi connectivity index (χ4v) is 4.99. The molecule has 2 aliphatic rings. The number of rotatable bonds is 5. The van der Waals surface area contributed by atoms with Crippen molar-refractivity contribution in [2.24, 2.45) is 5.92 Å². The van der Waals surface area contributed by atoms with E-state index in [9.17, 15) is 9.59 Å². The number of hydrazine groups is 1. The van der Waals surface area contributed by atoms with Gasteiger partial charge in [0.25, 0.3) is 0 Å². The smallest absolute Gasteiger partial charge is 0.230 e. The fraction of sp³-hybridized carbons (Fsp3) is 0.348. The van der Waals surface area contributed by atoms with Gasteiger partial charge in [-0.1, -0.05) is 12.1 Å². The maximum absolute atomic E-state index is 13.0. The van der Waals surface area contributed by atoms with Crippen LogP contribution in [0.1, 0.15) is 28.0 Å². The largest absolute Gasteiger partial charge is 0.321 e. The van der Waals surface area contributed by atoms with Gasteiger partial charge < -0.3 is 10.6 Å². The molecule has 3 unspecified atom stereocenters. The molecule has 0 aliphatic carbocycles. The van der Waals surface area contributed by atoms with E-state index < -0.39 is 6.29 Å². The molecule has 5 rings (SSSR count). The third-order valence-electron chi connectivity index (χ3n) is 6.14. The number of benzene rings is 1. The molecule has 0 spiro atoms. The van der Waals surface area contributed by atoms with Crippen molar-refractivity contribution in [3.05, 3.63) is 63.5 Å². The Labute approximate surface area is 196 Å². The average molecular weight is 466 g/mol. The maximum atomic E-state index is 13.0. The number of aryl methyl sites for hydroxylation is 3. The zero-order valence-electron chi connectivity index (χ0n) is 18.8. The summed E-state index contributed by atoms with van der Waals surface area (Å²) >= 11 is 1.54. The van der Waals surface area contributed by atoms with Crippen LogP contribution in [0, 0.1) is 26.7 Å². The van der Waals surface area contributed by atoms with Gasteiger partial charge in [-0.15, -0.1) is 11.3 Å². The summed E-state index contributed by atoms with van der Waals surface area (Å²) in [4.78, 5) is 26.5. The Kier molecular flexibility index (Phi) is 5.65. The Hall–Kier alpha value is -3.21. The van der Waals surface area contributed by atoms with E-state index in [1.165, 1.54) is 11.1 Å². The van der Waals surface area contributed by atoms with Crippen molar-refractivity contribution >= 4 is 34.7 Å². The van der Waals surface area contributed by atoms with Crippen LogP contribution in [0.15, 0.2) is 41.8 Å². The zero-order chi connectivity index (χ0) is 23.1. The van der Waals surface area contributed by atoms with Crippen LogP contribution < -0.4 is 26.4 Å². The highest BCUT2D eigenvalue weighted by Gasteiger charge is 2.45. The van der Waals surface area contributed by atoms with E-state index in [0.29, 0.717) is 18.8 Å². The van der Waals surface area contributed by atoms with Crippen molar-refractivity contribution in [1.29, 1.82) is 0 Å². The third kappa shape index (κ3) is 4.24. The van der Waals surface area contributed by atoms with Gasteiger partial charge in [0.1, 0.15) is 12.0 Å². The van der Waals surface area contributed by atoms with Gasteiger partial charge in [0.2, 0.25) is 11.8 Å². The van der Waals surface area contributed by atoms with E-state index in [1.807, 2.05) is 29.4 Å². The molecule has 33 heavy (non-hydrogen) atoms. The summed E-state index contributed by atoms with van der Waals surface area (Å²) < 4.78 is 1.63. The molecular formula is C23H27N7O2S. The van der Waals surface area contributed by atoms with Gasteiger partial charge in [0.05, 0.1) is 23.7 Å². The van der Waals surface area contributed by atoms with Gasteiger partial charge in [-0.2, -0.15) is 5.10 Å². The van der Waals surface area contributed by atoms with E-state index in [4.69, 9.17) is 0 Å². The normalized spacial score (nSPS) is 22.2. The molecule has 2 aliphatic heterocycles. The number of carbonyl (C=O) groups is 2. The Morgan fingerprint density at radius 3 is 2.82 bits per heavy atom. The van der Waals surface area contributed by atoms with E-state index in [2.05, 4.69) is 58.5 Å². The molecular weight excluding hydrogens is 438 g/mol. The van der Waals surface area contributed by atoms with Crippen LogP contribution in [0.4, 0.5) is 11.5 Å². The highest BCUT2D eigenvalue weighted by Crippen LogP contribution is 2.29. The number of hydrogen-bond acceptors (Lipinski definition) is 7.